The van der Waals surface area contributed by atoms with Crippen molar-refractivity contribution in [1.82, 2.24) is 4.72 Å². The molecule has 88 valence electrons. The molecule has 1 N–H and O–H groups in total. The smallest absolute Gasteiger partial charge is 0.254 e. The molecule has 1 aromatic rings. The molecular weight excluding hydrogens is 230 g/mol. The Morgan fingerprint density at radius 1 is 1.31 bits per heavy atom. The fourth-order valence-corrected chi connectivity index (χ4v) is 1.85. The molecule has 0 radical (unpaired) electrons. The number of hydrogen-bond donors (Lipinski definition) is 1. The first-order chi connectivity index (χ1) is 7.44. The van der Waals surface area contributed by atoms with E-state index in [1.165, 1.54) is 0 Å². The average Bonchev–Trinajstić information content (AvgIpc) is 2.55. The predicted molar refractivity (Wildman–Crippen MR) is 59.1 cm³/mol. The van der Waals surface area contributed by atoms with Crippen LogP contribution in [0.1, 0.15) is 5.56 Å². The average molecular weight is 243 g/mol. The predicted octanol–water partition coefficient (Wildman–Crippen LogP) is 0.642. The van der Waals surface area contributed by atoms with E-state index in [0.717, 1.165) is 11.8 Å². The van der Waals surface area contributed by atoms with Crippen LogP contribution in [0.25, 0.3) is 0 Å². The van der Waals surface area contributed by atoms with Gasteiger partial charge in [-0.05, 0) is 24.6 Å². The van der Waals surface area contributed by atoms with Gasteiger partial charge in [-0.2, -0.15) is 0 Å². The van der Waals surface area contributed by atoms with E-state index in [1.54, 1.807) is 0 Å². The zero-order valence-electron chi connectivity index (χ0n) is 9.06. The van der Waals surface area contributed by atoms with E-state index in [-0.39, 0.29) is 6.54 Å². The van der Waals surface area contributed by atoms with E-state index in [0.29, 0.717) is 11.5 Å². The van der Waals surface area contributed by atoms with Crippen LogP contribution in [-0.2, 0) is 10.0 Å². The third-order valence-electron chi connectivity index (χ3n) is 2.13. The van der Waals surface area contributed by atoms with Crippen molar-refractivity contribution in [3.8, 4) is 11.5 Å². The van der Waals surface area contributed by atoms with Crippen LogP contribution in [0.5, 0.6) is 11.5 Å². The minimum Gasteiger partial charge on any atom is -0.450 e. The van der Waals surface area contributed by atoms with Crippen molar-refractivity contribution in [2.75, 3.05) is 12.8 Å². The summed E-state index contributed by atoms with van der Waals surface area (Å²) in [5.41, 5.74) is 1.07. The van der Waals surface area contributed by atoms with Crippen molar-refractivity contribution in [2.24, 2.45) is 0 Å². The third kappa shape index (κ3) is 2.65. The highest BCUT2D eigenvalue weighted by Crippen LogP contribution is 2.34. The summed E-state index contributed by atoms with van der Waals surface area (Å²) in [6.45, 7) is 2.05. The summed E-state index contributed by atoms with van der Waals surface area (Å²) < 4.78 is 35.0. The molecule has 1 heterocycles. The number of ether oxygens (including phenoxy) is 2. The van der Waals surface area contributed by atoms with Crippen molar-refractivity contribution in [3.05, 3.63) is 23.8 Å². The Labute approximate surface area is 94.4 Å². The molecule has 0 fully saturated rings. The highest BCUT2D eigenvalue weighted by molar-refractivity contribution is 7.88. The molecule has 0 bridgehead atoms. The number of benzene rings is 1. The lowest BCUT2D eigenvalue weighted by Gasteiger charge is -2.09. The molecule has 0 aromatic heterocycles. The van der Waals surface area contributed by atoms with Crippen LogP contribution in [0.4, 0.5) is 0 Å². The van der Waals surface area contributed by atoms with Crippen LogP contribution in [0.3, 0.4) is 0 Å². The summed E-state index contributed by atoms with van der Waals surface area (Å²) in [6.07, 6.45) is 0.505. The molecule has 16 heavy (non-hydrogen) atoms. The molecule has 0 spiro atoms. The van der Waals surface area contributed by atoms with Crippen molar-refractivity contribution in [1.29, 1.82) is 0 Å². The van der Waals surface area contributed by atoms with Crippen LogP contribution >= 0.6 is 0 Å². The van der Waals surface area contributed by atoms with Gasteiger partial charge in [0.2, 0.25) is 10.0 Å². The Balaban J connectivity index is 2.01. The molecule has 2 rings (SSSR count). The second kappa shape index (κ2) is 3.95. The first kappa shape index (κ1) is 11.2. The lowest BCUT2D eigenvalue weighted by Crippen LogP contribution is -2.35. The molecule has 1 aliphatic heterocycles. The van der Waals surface area contributed by atoms with Gasteiger partial charge in [0.25, 0.3) is 6.29 Å². The van der Waals surface area contributed by atoms with Gasteiger partial charge >= 0.3 is 0 Å². The Hall–Kier alpha value is -1.27. The van der Waals surface area contributed by atoms with E-state index in [2.05, 4.69) is 4.72 Å². The molecule has 0 saturated carbocycles. The molecule has 0 aliphatic carbocycles. The first-order valence-electron chi connectivity index (χ1n) is 4.83. The van der Waals surface area contributed by atoms with Crippen molar-refractivity contribution in [2.45, 2.75) is 13.2 Å². The molecule has 1 atom stereocenters. The van der Waals surface area contributed by atoms with E-state index < -0.39 is 16.3 Å². The highest BCUT2D eigenvalue weighted by atomic mass is 32.2. The second-order valence-corrected chi connectivity index (χ2v) is 5.57. The number of hydrogen-bond acceptors (Lipinski definition) is 4. The minimum absolute atomic E-state index is 0.104. The summed E-state index contributed by atoms with van der Waals surface area (Å²) in [4.78, 5) is 0. The zero-order chi connectivity index (χ0) is 11.8. The highest BCUT2D eigenvalue weighted by Gasteiger charge is 2.24. The fourth-order valence-electron chi connectivity index (χ4n) is 1.41. The molecular formula is C10H13NO4S. The fraction of sp³-hybridized carbons (Fsp3) is 0.400. The summed E-state index contributed by atoms with van der Waals surface area (Å²) in [5, 5.41) is 0. The Morgan fingerprint density at radius 2 is 2.00 bits per heavy atom. The van der Waals surface area contributed by atoms with E-state index >= 15 is 0 Å². The van der Waals surface area contributed by atoms with Gasteiger partial charge in [-0.1, -0.05) is 6.07 Å². The van der Waals surface area contributed by atoms with Gasteiger partial charge in [-0.25, -0.2) is 13.1 Å². The molecule has 5 nitrogen and oxygen atoms in total. The number of nitrogens with one attached hydrogen (secondary N) is 1. The molecule has 0 amide bonds. The minimum atomic E-state index is -3.22. The topological polar surface area (TPSA) is 64.6 Å². The van der Waals surface area contributed by atoms with Crippen LogP contribution in [0.15, 0.2) is 18.2 Å². The van der Waals surface area contributed by atoms with Gasteiger partial charge in [0.15, 0.2) is 11.5 Å². The quantitative estimate of drug-likeness (QED) is 0.846. The SMILES string of the molecule is Cc1ccc2c(c1)OC(CNS(C)(=O)=O)O2. The Bertz CT molecular complexity index is 498. The lowest BCUT2D eigenvalue weighted by atomic mass is 10.2. The van der Waals surface area contributed by atoms with Gasteiger partial charge in [-0.15, -0.1) is 0 Å². The second-order valence-electron chi connectivity index (χ2n) is 3.74. The number of aryl methyl sites for hydroxylation is 1. The normalized spacial score (nSPS) is 18.8. The number of sulfonamides is 1. The van der Waals surface area contributed by atoms with Crippen molar-refractivity contribution in [3.63, 3.8) is 0 Å². The lowest BCUT2D eigenvalue weighted by molar-refractivity contribution is 0.0547. The maximum absolute atomic E-state index is 10.9. The van der Waals surface area contributed by atoms with Crippen molar-refractivity contribution < 1.29 is 17.9 Å². The standard InChI is InChI=1S/C10H13NO4S/c1-7-3-4-8-9(5-7)15-10(14-8)6-11-16(2,12)13/h3-5,10-11H,6H2,1-2H3. The first-order valence-corrected chi connectivity index (χ1v) is 6.72. The summed E-state index contributed by atoms with van der Waals surface area (Å²) in [6, 6.07) is 5.58. The largest absolute Gasteiger partial charge is 0.450 e. The number of fused-ring (bicyclic) bond motifs is 1. The third-order valence-corrected chi connectivity index (χ3v) is 2.82. The molecule has 1 aliphatic rings. The zero-order valence-corrected chi connectivity index (χ0v) is 9.87. The molecule has 0 saturated heterocycles. The van der Waals surface area contributed by atoms with Crippen molar-refractivity contribution >= 4 is 10.0 Å². The van der Waals surface area contributed by atoms with E-state index in [4.69, 9.17) is 9.47 Å². The maximum atomic E-state index is 10.9. The van der Waals surface area contributed by atoms with Crippen LogP contribution in [-0.4, -0.2) is 27.5 Å². The molecule has 1 unspecified atom stereocenters. The Morgan fingerprint density at radius 3 is 2.69 bits per heavy atom. The van der Waals surface area contributed by atoms with E-state index in [1.807, 2.05) is 25.1 Å². The van der Waals surface area contributed by atoms with Gasteiger partial charge in [-0.3, -0.25) is 0 Å². The monoisotopic (exact) mass is 243 g/mol. The van der Waals surface area contributed by atoms with E-state index in [9.17, 15) is 8.42 Å². The molecule has 6 heteroatoms. The summed E-state index contributed by atoms with van der Waals surface area (Å²) in [5.74, 6) is 1.30. The summed E-state index contributed by atoms with van der Waals surface area (Å²) in [7, 11) is -3.22. The van der Waals surface area contributed by atoms with Gasteiger partial charge in [0, 0.05) is 0 Å². The number of rotatable bonds is 3. The van der Waals surface area contributed by atoms with Crippen LogP contribution in [0, 0.1) is 6.92 Å². The van der Waals surface area contributed by atoms with Gasteiger partial charge < -0.3 is 9.47 Å². The van der Waals surface area contributed by atoms with Crippen LogP contribution in [0.2, 0.25) is 0 Å². The molecule has 1 aromatic carbocycles. The Kier molecular flexibility index (Phi) is 2.77. The summed E-state index contributed by atoms with van der Waals surface area (Å²) >= 11 is 0. The maximum Gasteiger partial charge on any atom is 0.254 e. The van der Waals surface area contributed by atoms with Crippen LogP contribution < -0.4 is 14.2 Å². The van der Waals surface area contributed by atoms with Gasteiger partial charge in [0.05, 0.1) is 12.8 Å². The van der Waals surface area contributed by atoms with Gasteiger partial charge in [0.1, 0.15) is 0 Å².